The zero-order valence-electron chi connectivity index (χ0n) is 9.74. The fraction of sp³-hybridized carbons (Fsp3) is 0.583. The lowest BCUT2D eigenvalue weighted by Gasteiger charge is -2.24. The molecule has 1 aliphatic carbocycles. The Hall–Kier alpha value is -0.390. The van der Waals surface area contributed by atoms with Crippen molar-refractivity contribution >= 4 is 33.2 Å². The monoisotopic (exact) mass is 317 g/mol. The number of nitrogens with one attached hydrogen (secondary N) is 1. The molecule has 1 aromatic heterocycles. The average molecular weight is 318 g/mol. The minimum atomic E-state index is -0.267. The van der Waals surface area contributed by atoms with Crippen LogP contribution in [0.3, 0.4) is 0 Å². The first-order chi connectivity index (χ1) is 8.22. The lowest BCUT2D eigenvalue weighted by molar-refractivity contribution is -0.139. The van der Waals surface area contributed by atoms with Crippen LogP contribution in [0.1, 0.15) is 29.3 Å². The van der Waals surface area contributed by atoms with Crippen molar-refractivity contribution in [2.45, 2.75) is 30.1 Å². The minimum absolute atomic E-state index is 0.223. The van der Waals surface area contributed by atoms with Crippen LogP contribution in [-0.4, -0.2) is 24.5 Å². The third-order valence-electron chi connectivity index (χ3n) is 3.05. The summed E-state index contributed by atoms with van der Waals surface area (Å²) < 4.78 is 4.68. The maximum Gasteiger partial charge on any atom is 0.320 e. The van der Waals surface area contributed by atoms with E-state index in [1.54, 1.807) is 0 Å². The fourth-order valence-corrected chi connectivity index (χ4v) is 3.52. The third-order valence-corrected chi connectivity index (χ3v) is 4.75. The van der Waals surface area contributed by atoms with Crippen LogP contribution >= 0.6 is 27.3 Å². The first kappa shape index (κ1) is 13.1. The quantitative estimate of drug-likeness (QED) is 0.685. The van der Waals surface area contributed by atoms with Crippen LogP contribution in [0.2, 0.25) is 0 Å². The van der Waals surface area contributed by atoms with E-state index in [-0.39, 0.29) is 10.8 Å². The number of hydrogen-bond donors (Lipinski definition) is 1. The Bertz CT molecular complexity index is 394. The Morgan fingerprint density at radius 1 is 1.76 bits per heavy atom. The molecule has 0 bridgehead atoms. The number of thiophene rings is 1. The zero-order chi connectivity index (χ0) is 12.3. The SMILES string of the molecule is COC(=O)C(Br)CNC1CCCc2sccc21. The van der Waals surface area contributed by atoms with Gasteiger partial charge in [0.15, 0.2) is 0 Å². The molecule has 2 unspecified atom stereocenters. The van der Waals surface area contributed by atoms with Crippen LogP contribution in [0, 0.1) is 0 Å². The minimum Gasteiger partial charge on any atom is -0.468 e. The highest BCUT2D eigenvalue weighted by atomic mass is 79.9. The van der Waals surface area contributed by atoms with E-state index >= 15 is 0 Å². The van der Waals surface area contributed by atoms with Crippen LogP contribution < -0.4 is 5.32 Å². The van der Waals surface area contributed by atoms with Crippen molar-refractivity contribution in [2.75, 3.05) is 13.7 Å². The summed E-state index contributed by atoms with van der Waals surface area (Å²) in [5, 5.41) is 5.59. The molecule has 0 saturated heterocycles. The average Bonchev–Trinajstić information content (AvgIpc) is 2.83. The van der Waals surface area contributed by atoms with Gasteiger partial charge in [-0.05, 0) is 36.3 Å². The van der Waals surface area contributed by atoms with Gasteiger partial charge in [0.2, 0.25) is 0 Å². The summed E-state index contributed by atoms with van der Waals surface area (Å²) in [5.41, 5.74) is 1.41. The number of methoxy groups -OCH3 is 1. The van der Waals surface area contributed by atoms with E-state index in [1.807, 2.05) is 11.3 Å². The molecule has 0 amide bonds. The number of alkyl halides is 1. The van der Waals surface area contributed by atoms with Gasteiger partial charge in [-0.3, -0.25) is 4.79 Å². The van der Waals surface area contributed by atoms with E-state index in [9.17, 15) is 4.79 Å². The van der Waals surface area contributed by atoms with Crippen molar-refractivity contribution in [3.05, 3.63) is 21.9 Å². The van der Waals surface area contributed by atoms with Crippen molar-refractivity contribution in [3.63, 3.8) is 0 Å². The van der Waals surface area contributed by atoms with E-state index in [2.05, 4.69) is 37.4 Å². The van der Waals surface area contributed by atoms with E-state index in [1.165, 1.54) is 30.4 Å². The number of carbonyl (C=O) groups excluding carboxylic acids is 1. The van der Waals surface area contributed by atoms with Crippen molar-refractivity contribution in [2.24, 2.45) is 0 Å². The van der Waals surface area contributed by atoms with Gasteiger partial charge in [-0.2, -0.15) is 0 Å². The summed E-state index contributed by atoms with van der Waals surface area (Å²) in [6.45, 7) is 0.604. The number of halogens is 1. The molecule has 1 N–H and O–H groups in total. The maximum atomic E-state index is 11.3. The van der Waals surface area contributed by atoms with E-state index < -0.39 is 0 Å². The van der Waals surface area contributed by atoms with Gasteiger partial charge >= 0.3 is 5.97 Å². The van der Waals surface area contributed by atoms with Crippen LogP contribution in [-0.2, 0) is 16.0 Å². The number of carbonyl (C=O) groups is 1. The second kappa shape index (κ2) is 5.98. The first-order valence-corrected chi connectivity index (χ1v) is 7.53. The van der Waals surface area contributed by atoms with Crippen LogP contribution in [0.15, 0.2) is 11.4 Å². The van der Waals surface area contributed by atoms with Gasteiger partial charge in [-0.1, -0.05) is 15.9 Å². The predicted octanol–water partition coefficient (Wildman–Crippen LogP) is 2.65. The topological polar surface area (TPSA) is 38.3 Å². The molecule has 0 aliphatic heterocycles. The molecule has 5 heteroatoms. The fourth-order valence-electron chi connectivity index (χ4n) is 2.16. The summed E-state index contributed by atoms with van der Waals surface area (Å²) in [6, 6.07) is 2.58. The molecule has 17 heavy (non-hydrogen) atoms. The Balaban J connectivity index is 1.91. The Labute approximate surface area is 114 Å². The molecule has 1 aliphatic rings. The van der Waals surface area contributed by atoms with Crippen LogP contribution in [0.5, 0.6) is 0 Å². The summed E-state index contributed by atoms with van der Waals surface area (Å²) >= 11 is 5.16. The molecule has 2 atom stereocenters. The van der Waals surface area contributed by atoms with Gasteiger partial charge in [0.25, 0.3) is 0 Å². The maximum absolute atomic E-state index is 11.3. The molecular weight excluding hydrogens is 302 g/mol. The number of hydrogen-bond acceptors (Lipinski definition) is 4. The van der Waals surface area contributed by atoms with E-state index in [0.717, 1.165) is 6.42 Å². The highest BCUT2D eigenvalue weighted by Gasteiger charge is 2.23. The van der Waals surface area contributed by atoms with E-state index in [0.29, 0.717) is 12.6 Å². The van der Waals surface area contributed by atoms with Gasteiger partial charge in [-0.15, -0.1) is 11.3 Å². The highest BCUT2D eigenvalue weighted by molar-refractivity contribution is 9.10. The molecule has 2 rings (SSSR count). The molecule has 0 fully saturated rings. The van der Waals surface area contributed by atoms with Gasteiger partial charge in [-0.25, -0.2) is 0 Å². The molecule has 94 valence electrons. The van der Waals surface area contributed by atoms with E-state index in [4.69, 9.17) is 0 Å². The number of esters is 1. The molecule has 1 heterocycles. The van der Waals surface area contributed by atoms with Crippen LogP contribution in [0.25, 0.3) is 0 Å². The molecule has 0 aromatic carbocycles. The number of rotatable bonds is 4. The summed E-state index contributed by atoms with van der Waals surface area (Å²) in [7, 11) is 1.41. The van der Waals surface area contributed by atoms with Gasteiger partial charge < -0.3 is 10.1 Å². The predicted molar refractivity (Wildman–Crippen MR) is 72.7 cm³/mol. The van der Waals surface area contributed by atoms with Crippen molar-refractivity contribution in [1.29, 1.82) is 0 Å². The zero-order valence-corrected chi connectivity index (χ0v) is 12.1. The van der Waals surface area contributed by atoms with Gasteiger partial charge in [0.1, 0.15) is 4.83 Å². The molecule has 3 nitrogen and oxygen atoms in total. The van der Waals surface area contributed by atoms with Gasteiger partial charge in [0.05, 0.1) is 7.11 Å². The Kier molecular flexibility index (Phi) is 4.59. The van der Waals surface area contributed by atoms with Crippen LogP contribution in [0.4, 0.5) is 0 Å². The van der Waals surface area contributed by atoms with Gasteiger partial charge in [0, 0.05) is 17.5 Å². The Morgan fingerprint density at radius 2 is 2.59 bits per heavy atom. The standard InChI is InChI=1S/C12H16BrNO2S/c1-16-12(15)9(13)7-14-10-3-2-4-11-8(10)5-6-17-11/h5-6,9-10,14H,2-4,7H2,1H3. The second-order valence-corrected chi connectivity index (χ2v) is 6.25. The molecule has 0 spiro atoms. The Morgan fingerprint density at radius 3 is 3.35 bits per heavy atom. The molecule has 0 radical (unpaired) electrons. The second-order valence-electron chi connectivity index (χ2n) is 4.14. The number of aryl methyl sites for hydroxylation is 1. The third kappa shape index (κ3) is 3.09. The normalized spacial score (nSPS) is 20.7. The number of fused-ring (bicyclic) bond motifs is 1. The smallest absolute Gasteiger partial charge is 0.320 e. The summed E-state index contributed by atoms with van der Waals surface area (Å²) in [5.74, 6) is -0.223. The van der Waals surface area contributed by atoms with Crippen molar-refractivity contribution in [1.82, 2.24) is 5.32 Å². The van der Waals surface area contributed by atoms with Crippen molar-refractivity contribution < 1.29 is 9.53 Å². The molecule has 0 saturated carbocycles. The summed E-state index contributed by atoms with van der Waals surface area (Å²) in [4.78, 5) is 12.5. The first-order valence-electron chi connectivity index (χ1n) is 5.74. The number of ether oxygens (including phenoxy) is 1. The largest absolute Gasteiger partial charge is 0.468 e. The van der Waals surface area contributed by atoms with Crippen molar-refractivity contribution in [3.8, 4) is 0 Å². The molecular formula is C12H16BrNO2S. The summed E-state index contributed by atoms with van der Waals surface area (Å²) in [6.07, 6.45) is 3.56. The lowest BCUT2D eigenvalue weighted by Crippen LogP contribution is -2.33. The lowest BCUT2D eigenvalue weighted by atomic mass is 9.94. The highest BCUT2D eigenvalue weighted by Crippen LogP contribution is 2.33. The molecule has 1 aromatic rings.